The summed E-state index contributed by atoms with van der Waals surface area (Å²) in [5.74, 6) is 0.556. The second kappa shape index (κ2) is 10.9. The van der Waals surface area contributed by atoms with Crippen molar-refractivity contribution in [3.05, 3.63) is 113 Å². The van der Waals surface area contributed by atoms with Crippen LogP contribution in [0.15, 0.2) is 83.8 Å². The summed E-state index contributed by atoms with van der Waals surface area (Å²) in [6, 6.07) is 26.2. The lowest BCUT2D eigenvalue weighted by molar-refractivity contribution is -0.123. The van der Waals surface area contributed by atoms with Gasteiger partial charge in [-0.25, -0.2) is 0 Å². The van der Waals surface area contributed by atoms with Gasteiger partial charge >= 0.3 is 0 Å². The van der Waals surface area contributed by atoms with Gasteiger partial charge in [0.1, 0.15) is 12.4 Å². The molecule has 0 unspecified atom stereocenters. The van der Waals surface area contributed by atoms with E-state index < -0.39 is 0 Å². The minimum atomic E-state index is -0.261. The van der Waals surface area contributed by atoms with E-state index in [2.05, 4.69) is 76.4 Å². The third-order valence-corrected chi connectivity index (χ3v) is 8.41. The molecule has 1 aliphatic rings. The highest BCUT2D eigenvalue weighted by atomic mass is 127. The van der Waals surface area contributed by atoms with Gasteiger partial charge in [0, 0.05) is 0 Å². The molecule has 0 radical (unpaired) electrons. The van der Waals surface area contributed by atoms with Crippen LogP contribution in [-0.2, 0) is 17.9 Å². The summed E-state index contributed by atoms with van der Waals surface area (Å²) in [5.41, 5.74) is 4.14. The van der Waals surface area contributed by atoms with Crippen molar-refractivity contribution in [1.29, 1.82) is 0 Å². The van der Waals surface area contributed by atoms with E-state index in [9.17, 15) is 9.59 Å². The molecule has 5 rings (SSSR count). The van der Waals surface area contributed by atoms with Gasteiger partial charge in [0.25, 0.3) is 11.1 Å². The van der Waals surface area contributed by atoms with Crippen molar-refractivity contribution < 1.29 is 14.3 Å². The lowest BCUT2D eigenvalue weighted by Crippen LogP contribution is -2.27. The highest BCUT2D eigenvalue weighted by molar-refractivity contribution is 14.1. The molecule has 1 aliphatic heterocycles. The van der Waals surface area contributed by atoms with Crippen molar-refractivity contribution in [2.45, 2.75) is 20.1 Å². The second-order valence-corrected chi connectivity index (χ2v) is 11.8. The first-order valence-electron chi connectivity index (χ1n) is 11.3. The van der Waals surface area contributed by atoms with Gasteiger partial charge < -0.3 is 4.74 Å². The first kappa shape index (κ1) is 25.3. The Morgan fingerprint density at radius 1 is 0.917 bits per heavy atom. The van der Waals surface area contributed by atoms with Crippen LogP contribution in [0.3, 0.4) is 0 Å². The molecule has 0 bridgehead atoms. The van der Waals surface area contributed by atoms with Crippen LogP contribution in [0.2, 0.25) is 0 Å². The average Bonchev–Trinajstić information content (AvgIpc) is 3.12. The number of thioether (sulfide) groups is 1. The zero-order valence-electron chi connectivity index (χ0n) is 19.3. The summed E-state index contributed by atoms with van der Waals surface area (Å²) >= 11 is 5.50. The highest BCUT2D eigenvalue weighted by Gasteiger charge is 2.35. The zero-order valence-corrected chi connectivity index (χ0v) is 24.5. The van der Waals surface area contributed by atoms with Gasteiger partial charge in [-0.05, 0) is 110 Å². The lowest BCUT2D eigenvalue weighted by Gasteiger charge is -2.14. The maximum absolute atomic E-state index is 13.2. The topological polar surface area (TPSA) is 46.6 Å². The van der Waals surface area contributed by atoms with Crippen molar-refractivity contribution in [3.63, 3.8) is 0 Å². The second-order valence-electron chi connectivity index (χ2n) is 8.49. The minimum Gasteiger partial charge on any atom is -0.487 e. The largest absolute Gasteiger partial charge is 0.487 e. The van der Waals surface area contributed by atoms with Crippen LogP contribution in [0.1, 0.15) is 22.3 Å². The minimum absolute atomic E-state index is 0.248. The molecule has 1 heterocycles. The summed E-state index contributed by atoms with van der Waals surface area (Å²) < 4.78 is 8.01. The highest BCUT2D eigenvalue weighted by Crippen LogP contribution is 2.36. The van der Waals surface area contributed by atoms with E-state index in [0.717, 1.165) is 52.1 Å². The van der Waals surface area contributed by atoms with Crippen LogP contribution < -0.4 is 4.74 Å². The van der Waals surface area contributed by atoms with Crippen LogP contribution in [0.4, 0.5) is 4.79 Å². The van der Waals surface area contributed by atoms with Gasteiger partial charge in [-0.2, -0.15) is 0 Å². The normalized spacial score (nSPS) is 14.8. The summed E-state index contributed by atoms with van der Waals surface area (Å²) in [6.45, 7) is 2.80. The number of benzene rings is 4. The molecule has 0 aromatic heterocycles. The fraction of sp³-hybridized carbons (Fsp3) is 0.103. The summed E-state index contributed by atoms with van der Waals surface area (Å²) in [4.78, 5) is 27.7. The molecule has 7 heteroatoms. The van der Waals surface area contributed by atoms with Crippen molar-refractivity contribution in [2.75, 3.05) is 0 Å². The Labute approximate surface area is 241 Å². The predicted molar refractivity (Wildman–Crippen MR) is 163 cm³/mol. The standard InChI is InChI=1S/C29H21I2NO3S/c1-18-9-11-19(12-10-18)17-35-27-24(30)13-20(14-25(27)31)15-26-28(33)32(29(34)36-26)16-22-7-4-6-21-5-2-3-8-23(21)22/h2-15H,16-17H2,1H3/b26-15+. The number of carbonyl (C=O) groups excluding carboxylic acids is 2. The maximum atomic E-state index is 13.2. The number of halogens is 2. The van der Waals surface area contributed by atoms with Crippen molar-refractivity contribution in [2.24, 2.45) is 0 Å². The van der Waals surface area contributed by atoms with E-state index in [1.54, 1.807) is 6.08 Å². The maximum Gasteiger partial charge on any atom is 0.293 e. The molecule has 4 nitrogen and oxygen atoms in total. The number of ether oxygens (including phenoxy) is 1. The first-order chi connectivity index (χ1) is 17.4. The van der Waals surface area contributed by atoms with E-state index in [1.165, 1.54) is 10.5 Å². The van der Waals surface area contributed by atoms with Crippen LogP contribution in [0, 0.1) is 14.1 Å². The van der Waals surface area contributed by atoms with E-state index in [4.69, 9.17) is 4.74 Å². The fourth-order valence-corrected chi connectivity index (χ4v) is 6.99. The number of fused-ring (bicyclic) bond motifs is 1. The average molecular weight is 717 g/mol. The molecule has 0 saturated carbocycles. The molecule has 1 fully saturated rings. The van der Waals surface area contributed by atoms with Crippen molar-refractivity contribution in [1.82, 2.24) is 4.90 Å². The number of hydrogen-bond acceptors (Lipinski definition) is 4. The Bertz CT molecular complexity index is 1490. The van der Waals surface area contributed by atoms with E-state index in [1.807, 2.05) is 54.6 Å². The summed E-state index contributed by atoms with van der Waals surface area (Å²) in [7, 11) is 0. The van der Waals surface area contributed by atoms with Gasteiger partial charge in [0.05, 0.1) is 18.6 Å². The number of nitrogens with zero attached hydrogens (tertiary/aromatic N) is 1. The molecule has 180 valence electrons. The quantitative estimate of drug-likeness (QED) is 0.149. The molecule has 2 amide bonds. The van der Waals surface area contributed by atoms with E-state index in [-0.39, 0.29) is 17.7 Å². The molecule has 0 aliphatic carbocycles. The smallest absolute Gasteiger partial charge is 0.293 e. The molecule has 0 spiro atoms. The predicted octanol–water partition coefficient (Wildman–Crippen LogP) is 8.17. The summed E-state index contributed by atoms with van der Waals surface area (Å²) in [5, 5.41) is 1.89. The van der Waals surface area contributed by atoms with E-state index >= 15 is 0 Å². The van der Waals surface area contributed by atoms with Crippen LogP contribution in [0.5, 0.6) is 5.75 Å². The molecule has 1 saturated heterocycles. The van der Waals surface area contributed by atoms with Gasteiger partial charge in [-0.3, -0.25) is 14.5 Å². The first-order valence-corrected chi connectivity index (χ1v) is 14.3. The van der Waals surface area contributed by atoms with Crippen LogP contribution >= 0.6 is 56.9 Å². The van der Waals surface area contributed by atoms with Gasteiger partial charge in [-0.15, -0.1) is 0 Å². The Kier molecular flexibility index (Phi) is 7.68. The summed E-state index contributed by atoms with van der Waals surface area (Å²) in [6.07, 6.45) is 1.79. The Morgan fingerprint density at radius 3 is 2.36 bits per heavy atom. The molecule has 4 aromatic carbocycles. The van der Waals surface area contributed by atoms with Gasteiger partial charge in [0.15, 0.2) is 0 Å². The van der Waals surface area contributed by atoms with Crippen LogP contribution in [0.25, 0.3) is 16.8 Å². The number of aryl methyl sites for hydroxylation is 1. The van der Waals surface area contributed by atoms with E-state index in [0.29, 0.717) is 11.5 Å². The lowest BCUT2D eigenvalue weighted by atomic mass is 10.0. The third kappa shape index (κ3) is 5.47. The molecule has 36 heavy (non-hydrogen) atoms. The molecular weight excluding hydrogens is 696 g/mol. The Hall–Kier alpha value is -2.37. The third-order valence-electron chi connectivity index (χ3n) is 5.90. The Morgan fingerprint density at radius 2 is 1.61 bits per heavy atom. The molecule has 0 atom stereocenters. The molecule has 0 N–H and O–H groups in total. The molecule has 4 aromatic rings. The monoisotopic (exact) mass is 717 g/mol. The Balaban J connectivity index is 1.34. The van der Waals surface area contributed by atoms with Gasteiger partial charge in [0.2, 0.25) is 0 Å². The SMILES string of the molecule is Cc1ccc(COc2c(I)cc(/C=C3/SC(=O)N(Cc4cccc5ccccc45)C3=O)cc2I)cc1. The number of rotatable bonds is 6. The molecular formula is C29H21I2NO3S. The van der Waals surface area contributed by atoms with Crippen molar-refractivity contribution in [3.8, 4) is 5.75 Å². The van der Waals surface area contributed by atoms with Gasteiger partial charge in [-0.1, -0.05) is 72.3 Å². The zero-order chi connectivity index (χ0) is 25.2. The van der Waals surface area contributed by atoms with Crippen molar-refractivity contribution >= 4 is 84.9 Å². The number of amides is 2. The fourth-order valence-electron chi connectivity index (χ4n) is 4.03. The van der Waals surface area contributed by atoms with Crippen LogP contribution in [-0.4, -0.2) is 16.0 Å². The number of hydrogen-bond donors (Lipinski definition) is 0. The number of carbonyl (C=O) groups is 2. The number of imide groups is 1.